The van der Waals surface area contributed by atoms with Crippen LogP contribution in [-0.4, -0.2) is 23.5 Å². The van der Waals surface area contributed by atoms with E-state index in [0.717, 1.165) is 3.79 Å². The molecule has 1 amide bonds. The summed E-state index contributed by atoms with van der Waals surface area (Å²) in [5.74, 6) is -0.744. The van der Waals surface area contributed by atoms with Gasteiger partial charge in [-0.25, -0.2) is 0 Å². The van der Waals surface area contributed by atoms with E-state index in [1.165, 1.54) is 11.3 Å². The fraction of sp³-hybridized carbons (Fsp3) is 0.455. The molecule has 4 nitrogen and oxygen atoms in total. The SMILES string of the molecule is CC(CCC(=O)O)CNC(=O)c1ccc(Br)s1. The summed E-state index contributed by atoms with van der Waals surface area (Å²) in [6, 6.07) is 3.58. The second-order valence-electron chi connectivity index (χ2n) is 3.85. The van der Waals surface area contributed by atoms with Gasteiger partial charge < -0.3 is 10.4 Å². The van der Waals surface area contributed by atoms with Crippen LogP contribution in [0.25, 0.3) is 0 Å². The van der Waals surface area contributed by atoms with Crippen molar-refractivity contribution in [3.8, 4) is 0 Å². The third-order valence-corrected chi connectivity index (χ3v) is 3.88. The number of aliphatic carboxylic acids is 1. The molecule has 0 radical (unpaired) electrons. The van der Waals surface area contributed by atoms with Crippen molar-refractivity contribution >= 4 is 39.1 Å². The molecule has 0 fully saturated rings. The summed E-state index contributed by atoms with van der Waals surface area (Å²) >= 11 is 4.67. The highest BCUT2D eigenvalue weighted by Crippen LogP contribution is 2.21. The van der Waals surface area contributed by atoms with Gasteiger partial charge in [-0.3, -0.25) is 9.59 Å². The third-order valence-electron chi connectivity index (χ3n) is 2.26. The summed E-state index contributed by atoms with van der Waals surface area (Å²) in [7, 11) is 0. The first kappa shape index (κ1) is 14.2. The maximum absolute atomic E-state index is 11.7. The number of halogens is 1. The molecule has 0 saturated heterocycles. The largest absolute Gasteiger partial charge is 0.481 e. The smallest absolute Gasteiger partial charge is 0.303 e. The van der Waals surface area contributed by atoms with E-state index in [1.807, 2.05) is 13.0 Å². The molecular weight excluding hydrogens is 306 g/mol. The molecular formula is C11H14BrNO3S. The molecule has 1 atom stereocenters. The average molecular weight is 320 g/mol. The van der Waals surface area contributed by atoms with Gasteiger partial charge in [0.1, 0.15) is 0 Å². The quantitative estimate of drug-likeness (QED) is 0.847. The van der Waals surface area contributed by atoms with E-state index in [9.17, 15) is 9.59 Å². The van der Waals surface area contributed by atoms with Gasteiger partial charge in [-0.05, 0) is 40.4 Å². The van der Waals surface area contributed by atoms with Crippen molar-refractivity contribution in [1.29, 1.82) is 0 Å². The molecule has 0 bridgehead atoms. The van der Waals surface area contributed by atoms with Crippen molar-refractivity contribution in [3.63, 3.8) is 0 Å². The van der Waals surface area contributed by atoms with Crippen LogP contribution >= 0.6 is 27.3 Å². The minimum atomic E-state index is -0.801. The monoisotopic (exact) mass is 319 g/mol. The topological polar surface area (TPSA) is 66.4 Å². The summed E-state index contributed by atoms with van der Waals surface area (Å²) in [5.41, 5.74) is 0. The van der Waals surface area contributed by atoms with Crippen LogP contribution in [0.1, 0.15) is 29.4 Å². The molecule has 0 aliphatic heterocycles. The Hall–Kier alpha value is -0.880. The van der Waals surface area contributed by atoms with Crippen LogP contribution in [0.2, 0.25) is 0 Å². The molecule has 6 heteroatoms. The standard InChI is InChI=1S/C11H14BrNO3S/c1-7(2-5-10(14)15)6-13-11(16)8-3-4-9(12)17-8/h3-4,7H,2,5-6H2,1H3,(H,13,16)(H,14,15). The van der Waals surface area contributed by atoms with E-state index < -0.39 is 5.97 Å². The van der Waals surface area contributed by atoms with Crippen LogP contribution < -0.4 is 5.32 Å². The molecule has 1 unspecified atom stereocenters. The third kappa shape index (κ3) is 5.32. The summed E-state index contributed by atoms with van der Waals surface area (Å²) < 4.78 is 0.918. The Bertz CT molecular complexity index is 405. The van der Waals surface area contributed by atoms with Gasteiger partial charge in [-0.2, -0.15) is 0 Å². The second-order valence-corrected chi connectivity index (χ2v) is 6.31. The fourth-order valence-electron chi connectivity index (χ4n) is 1.26. The second kappa shape index (κ2) is 6.76. The van der Waals surface area contributed by atoms with E-state index in [-0.39, 0.29) is 18.2 Å². The summed E-state index contributed by atoms with van der Waals surface area (Å²) in [5, 5.41) is 11.3. The van der Waals surface area contributed by atoms with Crippen LogP contribution in [-0.2, 0) is 4.79 Å². The van der Waals surface area contributed by atoms with Crippen molar-refractivity contribution in [3.05, 3.63) is 20.8 Å². The molecule has 17 heavy (non-hydrogen) atoms. The number of carboxylic acid groups (broad SMARTS) is 1. The van der Waals surface area contributed by atoms with Gasteiger partial charge in [0.25, 0.3) is 5.91 Å². The number of carbonyl (C=O) groups excluding carboxylic acids is 1. The Balaban J connectivity index is 2.30. The van der Waals surface area contributed by atoms with Gasteiger partial charge in [0.15, 0.2) is 0 Å². The highest BCUT2D eigenvalue weighted by Gasteiger charge is 2.10. The van der Waals surface area contributed by atoms with Gasteiger partial charge in [0.05, 0.1) is 8.66 Å². The predicted octanol–water partition coefficient (Wildman–Crippen LogP) is 2.74. The lowest BCUT2D eigenvalue weighted by Crippen LogP contribution is -2.27. The molecule has 1 aromatic heterocycles. The number of rotatable bonds is 6. The lowest BCUT2D eigenvalue weighted by atomic mass is 10.1. The molecule has 1 rings (SSSR count). The first-order valence-electron chi connectivity index (χ1n) is 5.24. The molecule has 0 aliphatic carbocycles. The highest BCUT2D eigenvalue weighted by atomic mass is 79.9. The van der Waals surface area contributed by atoms with Crippen LogP contribution in [0.3, 0.4) is 0 Å². The van der Waals surface area contributed by atoms with Crippen molar-refractivity contribution in [1.82, 2.24) is 5.32 Å². The van der Waals surface area contributed by atoms with Crippen molar-refractivity contribution < 1.29 is 14.7 Å². The Morgan fingerprint density at radius 3 is 2.76 bits per heavy atom. The van der Waals surface area contributed by atoms with Gasteiger partial charge in [-0.1, -0.05) is 6.92 Å². The van der Waals surface area contributed by atoms with E-state index in [2.05, 4.69) is 21.2 Å². The van der Waals surface area contributed by atoms with Crippen molar-refractivity contribution in [2.24, 2.45) is 5.92 Å². The molecule has 0 spiro atoms. The van der Waals surface area contributed by atoms with Gasteiger partial charge in [0.2, 0.25) is 0 Å². The Morgan fingerprint density at radius 1 is 1.53 bits per heavy atom. The Morgan fingerprint density at radius 2 is 2.24 bits per heavy atom. The minimum absolute atomic E-state index is 0.108. The number of carbonyl (C=O) groups is 2. The lowest BCUT2D eigenvalue weighted by molar-refractivity contribution is -0.137. The summed E-state index contributed by atoms with van der Waals surface area (Å²) in [6.07, 6.45) is 0.714. The number of hydrogen-bond acceptors (Lipinski definition) is 3. The summed E-state index contributed by atoms with van der Waals surface area (Å²) in [4.78, 5) is 22.7. The van der Waals surface area contributed by atoms with E-state index in [0.29, 0.717) is 17.8 Å². The molecule has 94 valence electrons. The van der Waals surface area contributed by atoms with E-state index >= 15 is 0 Å². The van der Waals surface area contributed by atoms with Crippen LogP contribution in [0, 0.1) is 5.92 Å². The van der Waals surface area contributed by atoms with E-state index in [1.54, 1.807) is 6.07 Å². The van der Waals surface area contributed by atoms with Crippen molar-refractivity contribution in [2.75, 3.05) is 6.54 Å². The van der Waals surface area contributed by atoms with Crippen LogP contribution in [0.4, 0.5) is 0 Å². The number of thiophene rings is 1. The van der Waals surface area contributed by atoms with Crippen LogP contribution in [0.15, 0.2) is 15.9 Å². The number of nitrogens with one attached hydrogen (secondary N) is 1. The average Bonchev–Trinajstić information content (AvgIpc) is 2.70. The number of carboxylic acids is 1. The molecule has 1 heterocycles. The number of amides is 1. The lowest BCUT2D eigenvalue weighted by Gasteiger charge is -2.10. The fourth-order valence-corrected chi connectivity index (χ4v) is 2.56. The Labute approximate surface area is 112 Å². The zero-order chi connectivity index (χ0) is 12.8. The zero-order valence-electron chi connectivity index (χ0n) is 9.40. The van der Waals surface area contributed by atoms with Gasteiger partial charge in [-0.15, -0.1) is 11.3 Å². The molecule has 0 saturated carbocycles. The maximum Gasteiger partial charge on any atom is 0.303 e. The first-order chi connectivity index (χ1) is 7.99. The highest BCUT2D eigenvalue weighted by molar-refractivity contribution is 9.11. The summed E-state index contributed by atoms with van der Waals surface area (Å²) in [6.45, 7) is 2.43. The van der Waals surface area contributed by atoms with Crippen molar-refractivity contribution in [2.45, 2.75) is 19.8 Å². The molecule has 0 aliphatic rings. The molecule has 1 aromatic rings. The van der Waals surface area contributed by atoms with Crippen LogP contribution in [0.5, 0.6) is 0 Å². The van der Waals surface area contributed by atoms with Gasteiger partial charge >= 0.3 is 5.97 Å². The maximum atomic E-state index is 11.7. The molecule has 0 aromatic carbocycles. The number of hydrogen-bond donors (Lipinski definition) is 2. The normalized spacial score (nSPS) is 12.1. The Kier molecular flexibility index (Phi) is 5.64. The minimum Gasteiger partial charge on any atom is -0.481 e. The first-order valence-corrected chi connectivity index (χ1v) is 6.85. The van der Waals surface area contributed by atoms with E-state index in [4.69, 9.17) is 5.11 Å². The zero-order valence-corrected chi connectivity index (χ0v) is 11.8. The molecule has 2 N–H and O–H groups in total. The predicted molar refractivity (Wildman–Crippen MR) is 70.4 cm³/mol. The van der Waals surface area contributed by atoms with Gasteiger partial charge in [0, 0.05) is 13.0 Å².